The number of hydrogen-bond donors (Lipinski definition) is 1. The highest BCUT2D eigenvalue weighted by atomic mass is 16.5. The van der Waals surface area contributed by atoms with E-state index in [0.717, 1.165) is 36.9 Å². The highest BCUT2D eigenvalue weighted by molar-refractivity contribution is 5.98. The lowest BCUT2D eigenvalue weighted by molar-refractivity contribution is -0.144. The second-order valence-corrected chi connectivity index (χ2v) is 7.26. The van der Waals surface area contributed by atoms with Gasteiger partial charge in [0.2, 0.25) is 0 Å². The van der Waals surface area contributed by atoms with Crippen LogP contribution in [0.15, 0.2) is 29.8 Å². The molecule has 0 bridgehead atoms. The minimum Gasteiger partial charge on any atom is -0.451 e. The third kappa shape index (κ3) is 6.45. The second kappa shape index (κ2) is 9.77. The second-order valence-electron chi connectivity index (χ2n) is 7.26. The van der Waals surface area contributed by atoms with Crippen LogP contribution in [0.2, 0.25) is 0 Å². The molecule has 0 heterocycles. The van der Waals surface area contributed by atoms with E-state index in [2.05, 4.69) is 12.2 Å². The van der Waals surface area contributed by atoms with Crippen molar-refractivity contribution in [1.82, 2.24) is 5.32 Å². The molecule has 0 aromatic heterocycles. The molecule has 0 radical (unpaired) electrons. The van der Waals surface area contributed by atoms with Crippen LogP contribution in [0.3, 0.4) is 0 Å². The molecule has 1 saturated carbocycles. The number of carbonyl (C=O) groups excluding carboxylic acids is 2. The molecular formula is C21H27N3O3. The van der Waals surface area contributed by atoms with Crippen molar-refractivity contribution in [2.45, 2.75) is 38.6 Å². The third-order valence-electron chi connectivity index (χ3n) is 4.78. The van der Waals surface area contributed by atoms with Crippen LogP contribution in [-0.4, -0.2) is 38.6 Å². The molecule has 144 valence electrons. The molecule has 1 aliphatic rings. The van der Waals surface area contributed by atoms with Gasteiger partial charge in [-0.1, -0.05) is 19.1 Å². The molecule has 0 unspecified atom stereocenters. The summed E-state index contributed by atoms with van der Waals surface area (Å²) in [5.41, 5.74) is 1.60. The predicted octanol–water partition coefficient (Wildman–Crippen LogP) is 2.90. The van der Waals surface area contributed by atoms with E-state index in [0.29, 0.717) is 5.92 Å². The van der Waals surface area contributed by atoms with Crippen molar-refractivity contribution in [1.29, 1.82) is 5.26 Å². The summed E-state index contributed by atoms with van der Waals surface area (Å²) in [7, 11) is 3.86. The molecule has 1 aliphatic carbocycles. The van der Waals surface area contributed by atoms with Crippen LogP contribution in [0.1, 0.15) is 38.2 Å². The predicted molar refractivity (Wildman–Crippen MR) is 105 cm³/mol. The maximum atomic E-state index is 12.1. The molecule has 1 aromatic rings. The number of hydrogen-bond acceptors (Lipinski definition) is 5. The number of anilines is 1. The Kier molecular flexibility index (Phi) is 7.42. The summed E-state index contributed by atoms with van der Waals surface area (Å²) in [5.74, 6) is -0.414. The van der Waals surface area contributed by atoms with E-state index in [1.54, 1.807) is 0 Å². The largest absolute Gasteiger partial charge is 0.451 e. The standard InChI is InChI=1S/C21H27N3O3/c1-15-4-8-18(9-5-15)23-20(25)14-27-21(26)17(13-22)12-16-6-10-19(11-7-16)24(2)3/h6-7,10-12,15,18H,4-5,8-9,14H2,1-3H3,(H,23,25)/b17-12+. The summed E-state index contributed by atoms with van der Waals surface area (Å²) in [6.07, 6.45) is 5.56. The number of rotatable bonds is 6. The lowest BCUT2D eigenvalue weighted by atomic mass is 9.87. The zero-order chi connectivity index (χ0) is 19.8. The highest BCUT2D eigenvalue weighted by Crippen LogP contribution is 2.23. The number of amides is 1. The normalized spacial score (nSPS) is 19.7. The highest BCUT2D eigenvalue weighted by Gasteiger charge is 2.20. The van der Waals surface area contributed by atoms with E-state index in [1.165, 1.54) is 6.08 Å². The molecule has 6 nitrogen and oxygen atoms in total. The van der Waals surface area contributed by atoms with Gasteiger partial charge < -0.3 is 15.0 Å². The summed E-state index contributed by atoms with van der Waals surface area (Å²) in [4.78, 5) is 26.0. The Bertz CT molecular complexity index is 724. The number of nitrogens with zero attached hydrogens (tertiary/aromatic N) is 2. The van der Waals surface area contributed by atoms with Gasteiger partial charge in [-0.3, -0.25) is 4.79 Å². The SMILES string of the molecule is CC1CCC(NC(=O)COC(=O)/C(C#N)=C/c2ccc(N(C)C)cc2)CC1. The Morgan fingerprint density at radius 2 is 1.85 bits per heavy atom. The molecule has 1 amide bonds. The van der Waals surface area contributed by atoms with E-state index >= 15 is 0 Å². The fraction of sp³-hybridized carbons (Fsp3) is 0.476. The molecule has 0 saturated heterocycles. The van der Waals surface area contributed by atoms with Crippen molar-refractivity contribution in [3.63, 3.8) is 0 Å². The Morgan fingerprint density at radius 1 is 1.22 bits per heavy atom. The summed E-state index contributed by atoms with van der Waals surface area (Å²) in [5, 5.41) is 12.1. The molecular weight excluding hydrogens is 342 g/mol. The van der Waals surface area contributed by atoms with Crippen LogP contribution in [0.25, 0.3) is 6.08 Å². The van der Waals surface area contributed by atoms with Crippen LogP contribution >= 0.6 is 0 Å². The topological polar surface area (TPSA) is 82.4 Å². The van der Waals surface area contributed by atoms with E-state index in [9.17, 15) is 14.9 Å². The average Bonchev–Trinajstić information content (AvgIpc) is 2.66. The number of esters is 1. The van der Waals surface area contributed by atoms with Crippen LogP contribution in [-0.2, 0) is 14.3 Å². The lowest BCUT2D eigenvalue weighted by Gasteiger charge is -2.26. The van der Waals surface area contributed by atoms with Crippen molar-refractivity contribution in [3.05, 3.63) is 35.4 Å². The fourth-order valence-electron chi connectivity index (χ4n) is 3.05. The number of ether oxygens (including phenoxy) is 1. The first-order valence-electron chi connectivity index (χ1n) is 9.24. The number of nitriles is 1. The van der Waals surface area contributed by atoms with Gasteiger partial charge >= 0.3 is 5.97 Å². The number of benzene rings is 1. The maximum absolute atomic E-state index is 12.1. The Hall–Kier alpha value is -2.81. The van der Waals surface area contributed by atoms with Crippen LogP contribution in [0, 0.1) is 17.2 Å². The Morgan fingerprint density at radius 3 is 2.41 bits per heavy atom. The first-order valence-corrected chi connectivity index (χ1v) is 9.24. The van der Waals surface area contributed by atoms with Gasteiger partial charge in [-0.25, -0.2) is 4.79 Å². The number of nitrogens with one attached hydrogen (secondary N) is 1. The van der Waals surface area contributed by atoms with Gasteiger partial charge in [0.05, 0.1) is 0 Å². The van der Waals surface area contributed by atoms with Crippen molar-refractivity contribution >= 4 is 23.6 Å². The third-order valence-corrected chi connectivity index (χ3v) is 4.78. The molecule has 0 atom stereocenters. The van der Waals surface area contributed by atoms with Crippen molar-refractivity contribution < 1.29 is 14.3 Å². The minimum atomic E-state index is -0.790. The van der Waals surface area contributed by atoms with Gasteiger partial charge in [0, 0.05) is 25.8 Å². The van der Waals surface area contributed by atoms with Crippen LogP contribution in [0.5, 0.6) is 0 Å². The summed E-state index contributed by atoms with van der Waals surface area (Å²) >= 11 is 0. The van der Waals surface area contributed by atoms with E-state index in [4.69, 9.17) is 4.74 Å². The molecule has 0 spiro atoms. The monoisotopic (exact) mass is 369 g/mol. The molecule has 2 rings (SSSR count). The Labute approximate surface area is 160 Å². The number of carbonyl (C=O) groups is 2. The molecule has 1 fully saturated rings. The van der Waals surface area contributed by atoms with E-state index < -0.39 is 5.97 Å². The minimum absolute atomic E-state index is 0.133. The first kappa shape index (κ1) is 20.5. The van der Waals surface area contributed by atoms with Crippen LogP contribution in [0.4, 0.5) is 5.69 Å². The zero-order valence-electron chi connectivity index (χ0n) is 16.2. The van der Waals surface area contributed by atoms with Gasteiger partial charge in [0.1, 0.15) is 11.6 Å². The summed E-state index contributed by atoms with van der Waals surface area (Å²) in [6.45, 7) is 1.84. The van der Waals surface area contributed by atoms with Crippen molar-refractivity contribution in [3.8, 4) is 6.07 Å². The maximum Gasteiger partial charge on any atom is 0.349 e. The van der Waals surface area contributed by atoms with Crippen molar-refractivity contribution in [2.75, 3.05) is 25.6 Å². The van der Waals surface area contributed by atoms with Crippen LogP contribution < -0.4 is 10.2 Å². The lowest BCUT2D eigenvalue weighted by Crippen LogP contribution is -2.39. The molecule has 27 heavy (non-hydrogen) atoms. The molecule has 1 aromatic carbocycles. The molecule has 6 heteroatoms. The quantitative estimate of drug-likeness (QED) is 0.474. The van der Waals surface area contributed by atoms with Gasteiger partial charge in [-0.05, 0) is 55.4 Å². The average molecular weight is 369 g/mol. The van der Waals surface area contributed by atoms with E-state index in [-0.39, 0.29) is 24.1 Å². The van der Waals surface area contributed by atoms with Gasteiger partial charge in [0.15, 0.2) is 6.61 Å². The summed E-state index contributed by atoms with van der Waals surface area (Å²) in [6, 6.07) is 9.41. The van der Waals surface area contributed by atoms with E-state index in [1.807, 2.05) is 49.3 Å². The van der Waals surface area contributed by atoms with Gasteiger partial charge in [-0.15, -0.1) is 0 Å². The summed E-state index contributed by atoms with van der Waals surface area (Å²) < 4.78 is 5.00. The smallest absolute Gasteiger partial charge is 0.349 e. The van der Waals surface area contributed by atoms with Gasteiger partial charge in [0.25, 0.3) is 5.91 Å². The van der Waals surface area contributed by atoms with Crippen molar-refractivity contribution in [2.24, 2.45) is 5.92 Å². The zero-order valence-corrected chi connectivity index (χ0v) is 16.2. The fourth-order valence-corrected chi connectivity index (χ4v) is 3.05. The first-order chi connectivity index (χ1) is 12.9. The molecule has 1 N–H and O–H groups in total. The molecule has 0 aliphatic heterocycles. The van der Waals surface area contributed by atoms with Gasteiger partial charge in [-0.2, -0.15) is 5.26 Å². The Balaban J connectivity index is 1.87.